The molecule has 1 aliphatic rings. The highest BCUT2D eigenvalue weighted by Crippen LogP contribution is 2.29. The summed E-state index contributed by atoms with van der Waals surface area (Å²) < 4.78 is 13.9. The molecular formula is C19H23FN2. The van der Waals surface area contributed by atoms with Crippen molar-refractivity contribution in [3.8, 4) is 0 Å². The van der Waals surface area contributed by atoms with Crippen LogP contribution in [0.5, 0.6) is 0 Å². The summed E-state index contributed by atoms with van der Waals surface area (Å²) in [6.45, 7) is 3.60. The van der Waals surface area contributed by atoms with Gasteiger partial charge in [0.25, 0.3) is 0 Å². The molecule has 2 aromatic carbocycles. The summed E-state index contributed by atoms with van der Waals surface area (Å²) >= 11 is 0. The Morgan fingerprint density at radius 1 is 1.05 bits per heavy atom. The van der Waals surface area contributed by atoms with Gasteiger partial charge in [-0.2, -0.15) is 0 Å². The van der Waals surface area contributed by atoms with Gasteiger partial charge in [0.2, 0.25) is 0 Å². The van der Waals surface area contributed by atoms with Gasteiger partial charge in [0.15, 0.2) is 0 Å². The molecule has 2 aromatic rings. The molecular weight excluding hydrogens is 275 g/mol. The van der Waals surface area contributed by atoms with E-state index in [0.717, 1.165) is 38.0 Å². The molecule has 0 amide bonds. The van der Waals surface area contributed by atoms with Crippen LogP contribution in [-0.2, 0) is 13.0 Å². The molecule has 22 heavy (non-hydrogen) atoms. The van der Waals surface area contributed by atoms with Gasteiger partial charge in [0.05, 0.1) is 0 Å². The number of rotatable bonds is 5. The van der Waals surface area contributed by atoms with E-state index in [9.17, 15) is 4.39 Å². The number of halogens is 1. The Balaban J connectivity index is 1.60. The van der Waals surface area contributed by atoms with Crippen LogP contribution in [0.2, 0.25) is 0 Å². The number of nitrogens with zero attached hydrogens (tertiary/aromatic N) is 1. The normalized spacial score (nSPS) is 18.7. The first-order valence-electron chi connectivity index (χ1n) is 8.01. The first-order chi connectivity index (χ1) is 10.8. The van der Waals surface area contributed by atoms with Gasteiger partial charge < -0.3 is 5.73 Å². The van der Waals surface area contributed by atoms with Crippen LogP contribution in [0.3, 0.4) is 0 Å². The van der Waals surface area contributed by atoms with E-state index < -0.39 is 0 Å². The molecule has 0 unspecified atom stereocenters. The molecule has 0 radical (unpaired) electrons. The lowest BCUT2D eigenvalue weighted by Gasteiger charge is -2.17. The molecule has 0 bridgehead atoms. The minimum Gasteiger partial charge on any atom is -0.330 e. The molecule has 1 saturated heterocycles. The smallest absolute Gasteiger partial charge is 0.126 e. The molecule has 0 spiro atoms. The van der Waals surface area contributed by atoms with Crippen molar-refractivity contribution in [1.82, 2.24) is 4.90 Å². The lowest BCUT2D eigenvalue weighted by atomic mass is 9.98. The van der Waals surface area contributed by atoms with Gasteiger partial charge in [-0.3, -0.25) is 4.90 Å². The zero-order valence-corrected chi connectivity index (χ0v) is 12.8. The standard InChI is InChI=1S/C19H23FN2/c20-19-4-2-1-3-18(19)17-10-12-22(14-17)13-16-7-5-15(6-8-16)9-11-21/h1-8,17H,9-14,21H2/t17-/m1/s1. The highest BCUT2D eigenvalue weighted by molar-refractivity contribution is 5.25. The van der Waals surface area contributed by atoms with Crippen molar-refractivity contribution in [3.63, 3.8) is 0 Å². The van der Waals surface area contributed by atoms with Gasteiger partial charge in [-0.05, 0) is 48.7 Å². The Bertz CT molecular complexity index is 609. The molecule has 1 aliphatic heterocycles. The molecule has 0 saturated carbocycles. The van der Waals surface area contributed by atoms with Crippen molar-refractivity contribution in [1.29, 1.82) is 0 Å². The molecule has 1 heterocycles. The highest BCUT2D eigenvalue weighted by atomic mass is 19.1. The van der Waals surface area contributed by atoms with Crippen molar-refractivity contribution < 1.29 is 4.39 Å². The third-order valence-electron chi connectivity index (χ3n) is 4.48. The molecule has 3 heteroatoms. The summed E-state index contributed by atoms with van der Waals surface area (Å²) in [4.78, 5) is 2.41. The molecule has 3 rings (SSSR count). The number of benzene rings is 2. The van der Waals surface area contributed by atoms with Gasteiger partial charge >= 0.3 is 0 Å². The van der Waals surface area contributed by atoms with Crippen molar-refractivity contribution in [2.75, 3.05) is 19.6 Å². The summed E-state index contributed by atoms with van der Waals surface area (Å²) in [6, 6.07) is 15.9. The average Bonchev–Trinajstić information content (AvgIpc) is 2.98. The first kappa shape index (κ1) is 15.2. The Hall–Kier alpha value is -1.71. The summed E-state index contributed by atoms with van der Waals surface area (Å²) in [7, 11) is 0. The zero-order valence-electron chi connectivity index (χ0n) is 12.8. The van der Waals surface area contributed by atoms with Crippen LogP contribution in [0.1, 0.15) is 29.0 Å². The maximum absolute atomic E-state index is 13.9. The summed E-state index contributed by atoms with van der Waals surface area (Å²) in [5, 5.41) is 0. The zero-order chi connectivity index (χ0) is 15.4. The van der Waals surface area contributed by atoms with Crippen molar-refractivity contribution >= 4 is 0 Å². The van der Waals surface area contributed by atoms with Crippen LogP contribution < -0.4 is 5.73 Å². The largest absolute Gasteiger partial charge is 0.330 e. The molecule has 1 atom stereocenters. The van der Waals surface area contributed by atoms with E-state index in [1.807, 2.05) is 12.1 Å². The van der Waals surface area contributed by atoms with Crippen LogP contribution in [-0.4, -0.2) is 24.5 Å². The predicted octanol–water partition coefficient (Wildman–Crippen LogP) is 3.32. The van der Waals surface area contributed by atoms with Crippen LogP contribution in [0.25, 0.3) is 0 Å². The molecule has 0 aliphatic carbocycles. The van der Waals surface area contributed by atoms with E-state index in [4.69, 9.17) is 5.73 Å². The Kier molecular flexibility index (Phi) is 4.86. The molecule has 2 N–H and O–H groups in total. The van der Waals surface area contributed by atoms with Crippen LogP contribution in [0.15, 0.2) is 48.5 Å². The molecule has 1 fully saturated rings. The second-order valence-corrected chi connectivity index (χ2v) is 6.10. The Morgan fingerprint density at radius 3 is 2.50 bits per heavy atom. The van der Waals surface area contributed by atoms with E-state index in [1.165, 1.54) is 11.1 Å². The van der Waals surface area contributed by atoms with Crippen molar-refractivity contribution in [2.45, 2.75) is 25.3 Å². The number of likely N-dealkylation sites (tertiary alicyclic amines) is 1. The third kappa shape index (κ3) is 3.54. The number of nitrogens with two attached hydrogens (primary N) is 1. The van der Waals surface area contributed by atoms with Crippen molar-refractivity contribution in [2.24, 2.45) is 5.73 Å². The van der Waals surface area contributed by atoms with E-state index in [1.54, 1.807) is 12.1 Å². The van der Waals surface area contributed by atoms with E-state index >= 15 is 0 Å². The minimum absolute atomic E-state index is 0.0690. The quantitative estimate of drug-likeness (QED) is 0.917. The van der Waals surface area contributed by atoms with E-state index in [-0.39, 0.29) is 5.82 Å². The second kappa shape index (κ2) is 7.03. The Labute approximate surface area is 131 Å². The van der Waals surface area contributed by atoms with Crippen molar-refractivity contribution in [3.05, 3.63) is 71.0 Å². The molecule has 116 valence electrons. The van der Waals surface area contributed by atoms with Gasteiger partial charge in [0.1, 0.15) is 5.82 Å². The molecule has 0 aromatic heterocycles. The fourth-order valence-electron chi connectivity index (χ4n) is 3.27. The topological polar surface area (TPSA) is 29.3 Å². The summed E-state index contributed by atoms with van der Waals surface area (Å²) in [5.74, 6) is 0.248. The Morgan fingerprint density at radius 2 is 1.77 bits per heavy atom. The average molecular weight is 298 g/mol. The maximum atomic E-state index is 13.9. The third-order valence-corrected chi connectivity index (χ3v) is 4.48. The minimum atomic E-state index is -0.0690. The summed E-state index contributed by atoms with van der Waals surface area (Å²) in [5.41, 5.74) is 9.04. The fraction of sp³-hybridized carbons (Fsp3) is 0.368. The fourth-order valence-corrected chi connectivity index (χ4v) is 3.27. The van der Waals surface area contributed by atoms with E-state index in [2.05, 4.69) is 29.2 Å². The lowest BCUT2D eigenvalue weighted by molar-refractivity contribution is 0.326. The van der Waals surface area contributed by atoms with Gasteiger partial charge in [0, 0.05) is 19.0 Å². The maximum Gasteiger partial charge on any atom is 0.126 e. The van der Waals surface area contributed by atoms with Gasteiger partial charge in [-0.1, -0.05) is 42.5 Å². The van der Waals surface area contributed by atoms with Crippen LogP contribution >= 0.6 is 0 Å². The van der Waals surface area contributed by atoms with Gasteiger partial charge in [-0.25, -0.2) is 4.39 Å². The monoisotopic (exact) mass is 298 g/mol. The number of hydrogen-bond acceptors (Lipinski definition) is 2. The van der Waals surface area contributed by atoms with Crippen LogP contribution in [0.4, 0.5) is 4.39 Å². The van der Waals surface area contributed by atoms with E-state index in [0.29, 0.717) is 12.5 Å². The highest BCUT2D eigenvalue weighted by Gasteiger charge is 2.25. The molecule has 2 nitrogen and oxygen atoms in total. The number of hydrogen-bond donors (Lipinski definition) is 1. The lowest BCUT2D eigenvalue weighted by Crippen LogP contribution is -2.20. The predicted molar refractivity (Wildman–Crippen MR) is 88.2 cm³/mol. The first-order valence-corrected chi connectivity index (χ1v) is 8.01. The summed E-state index contributed by atoms with van der Waals surface area (Å²) in [6.07, 6.45) is 1.96. The van der Waals surface area contributed by atoms with Gasteiger partial charge in [-0.15, -0.1) is 0 Å². The second-order valence-electron chi connectivity index (χ2n) is 6.10. The SMILES string of the molecule is NCCc1ccc(CN2CC[C@@H](c3ccccc3F)C2)cc1. The van der Waals surface area contributed by atoms with Crippen LogP contribution in [0, 0.1) is 5.82 Å².